The van der Waals surface area contributed by atoms with Gasteiger partial charge < -0.3 is 92.4 Å². The van der Waals surface area contributed by atoms with Crippen LogP contribution in [0, 0.1) is 34.2 Å². The second-order valence-corrected chi connectivity index (χ2v) is 30.1. The molecule has 32 heteroatoms. The first-order valence-corrected chi connectivity index (χ1v) is 36.6. The van der Waals surface area contributed by atoms with Crippen LogP contribution in [0.2, 0.25) is 0 Å². The van der Waals surface area contributed by atoms with E-state index in [1.54, 1.807) is 67.0 Å². The second kappa shape index (κ2) is 36.5. The first-order chi connectivity index (χ1) is 47.6. The molecule has 4 fully saturated rings. The summed E-state index contributed by atoms with van der Waals surface area (Å²) in [6.45, 7) is 14.9. The van der Waals surface area contributed by atoms with E-state index in [1.807, 2.05) is 55.5 Å². The summed E-state index contributed by atoms with van der Waals surface area (Å²) >= 11 is 2.81. The van der Waals surface area contributed by atoms with Crippen molar-refractivity contribution >= 4 is 84.6 Å². The highest BCUT2D eigenvalue weighted by Gasteiger charge is 2.52. The summed E-state index contributed by atoms with van der Waals surface area (Å²) in [5, 5.41) is 67.7. The van der Waals surface area contributed by atoms with Crippen LogP contribution in [0.5, 0.6) is 23.0 Å². The number of nitrogens with zero attached hydrogens (tertiary/aromatic N) is 1. The van der Waals surface area contributed by atoms with E-state index in [4.69, 9.17) is 66.4 Å². The Hall–Kier alpha value is -5.13. The third-order valence-corrected chi connectivity index (χ3v) is 23.2. The van der Waals surface area contributed by atoms with E-state index in [0.717, 1.165) is 24.4 Å². The zero-order valence-corrected chi connectivity index (χ0v) is 62.6. The Morgan fingerprint density at radius 1 is 0.850 bits per heavy atom. The minimum absolute atomic E-state index is 0.0127. The highest BCUT2D eigenvalue weighted by Crippen LogP contribution is 2.49. The molecule has 550 valence electrons. The number of benzene rings is 2. The normalized spacial score (nSPS) is 32.3. The Balaban J connectivity index is 1.02. The minimum atomic E-state index is -2.18. The number of aliphatic hydroxyl groups is 5. The molecule has 4 heterocycles. The predicted molar refractivity (Wildman–Crippen MR) is 378 cm³/mol. The third kappa shape index (κ3) is 19.4. The molecule has 100 heavy (non-hydrogen) atoms. The molecule has 2 amide bonds. The minimum Gasteiger partial charge on any atom is -0.497 e. The standard InChI is InChI=1S/C68H90IN5O23S3/c1-15-70-41-32-90-47(29-45(41)85-10)95-60-55(79)52(74-97-48-28-42(75)62(37(6)91-48)99-63(81)49-33(2)51(69)58(61(88-13)57(49)86-11)96-64-56(80)59(87-12)54(78)36(5)93-64)35(4)92-65(60)94-44-20-18-16-17-19-26-68(83)30-43(76)53(71-66(82)89-14)50(44)40(68)25-27-98-100-67(7,8)31-46(77)73-72-34(3)38-21-23-39(84-9)24-22-38/h16-17,21-25,35-37,41-42,44-45,47-48,52,54-56,59-60,62,64-65,70,74-75,78-80,83H,15,27-32H2,1-14H3,(H,71,82)(H,73,77)/b17-16-,40-25+,72-34+/t35-,36+,37-,41+,42+,44+,45+,47+,48+,52-,54+,55-,56-,59-,60-,62-,64+,65+,68+/m1/s1. The zero-order valence-electron chi connectivity index (χ0n) is 58.0. The maximum atomic E-state index is 14.5. The number of hydrogen-bond acceptors (Lipinski definition) is 29. The SMILES string of the molecule is CCN[C@H]1CO[C@@H](O[C@H]2[C@H](O[C@H]3C#C/C=C\C#C[C@]4(O)CC(=O)C(NC(=O)OC)=C3/C4=C\CSSC(C)(C)CC(=O)N/N=C(\C)c3ccc(OC)cc3)O[C@H](C)[C@@H](NO[C@H]3C[C@H](O)[C@H](SC(=O)c4c(C)c(I)c(O[C@@H]5O[C@@H](C)[C@H](O)[C@@H](OC)[C@H]5O)c(OC)c4OC)[C@@H](C)O3)[C@H]2O)C[C@@H]1OC. The zero-order chi connectivity index (χ0) is 72.9. The van der Waals surface area contributed by atoms with Crippen LogP contribution in [0.25, 0.3) is 0 Å². The Morgan fingerprint density at radius 2 is 1.56 bits per heavy atom. The smallest absolute Gasteiger partial charge is 0.411 e. The van der Waals surface area contributed by atoms with E-state index in [1.165, 1.54) is 55.1 Å². The van der Waals surface area contributed by atoms with Crippen LogP contribution in [0.4, 0.5) is 4.79 Å². The highest BCUT2D eigenvalue weighted by atomic mass is 127. The Labute approximate surface area is 607 Å². The molecule has 0 saturated carbocycles. The Morgan fingerprint density at radius 3 is 2.22 bits per heavy atom. The molecule has 2 bridgehead atoms. The van der Waals surface area contributed by atoms with E-state index >= 15 is 0 Å². The van der Waals surface area contributed by atoms with Crippen molar-refractivity contribution in [1.29, 1.82) is 0 Å². The number of hydrogen-bond donors (Lipinski definition) is 9. The largest absolute Gasteiger partial charge is 0.497 e. The molecular formula is C68H90IN5O23S3. The molecule has 19 atom stereocenters. The number of ketones is 1. The second-order valence-electron chi connectivity index (χ2n) is 24.8. The lowest BCUT2D eigenvalue weighted by atomic mass is 9.75. The van der Waals surface area contributed by atoms with Gasteiger partial charge in [-0.25, -0.2) is 10.2 Å². The summed E-state index contributed by atoms with van der Waals surface area (Å²) in [5.74, 6) is 11.4. The number of hydroxylamine groups is 1. The van der Waals surface area contributed by atoms with Gasteiger partial charge in [0.2, 0.25) is 23.1 Å². The fraction of sp³-hybridized carbons (Fsp3) is 0.603. The number of halogens is 1. The number of rotatable bonds is 27. The number of Topliss-reactive ketones (excluding diaryl/α,β-unsaturated/α-hetero) is 1. The van der Waals surface area contributed by atoms with Crippen LogP contribution in [0.1, 0.15) is 95.6 Å². The average molecular weight is 1570 g/mol. The van der Waals surface area contributed by atoms with Crippen LogP contribution in [0.3, 0.4) is 0 Å². The molecule has 4 saturated heterocycles. The fourth-order valence-electron chi connectivity index (χ4n) is 12.1. The van der Waals surface area contributed by atoms with Crippen molar-refractivity contribution in [3.05, 3.63) is 79.6 Å². The van der Waals surface area contributed by atoms with Crippen LogP contribution in [0.15, 0.2) is 64.4 Å². The Bertz CT molecular complexity index is 3480. The van der Waals surface area contributed by atoms with Crippen molar-refractivity contribution in [3.63, 3.8) is 0 Å². The summed E-state index contributed by atoms with van der Waals surface area (Å²) in [5.41, 5.74) is 4.94. The van der Waals surface area contributed by atoms with Crippen molar-refractivity contribution in [1.82, 2.24) is 21.5 Å². The van der Waals surface area contributed by atoms with E-state index in [9.17, 15) is 44.7 Å². The quantitative estimate of drug-likeness (QED) is 0.0147. The van der Waals surface area contributed by atoms with E-state index in [-0.39, 0.29) is 83.2 Å². The summed E-state index contributed by atoms with van der Waals surface area (Å²) in [7, 11) is 11.0. The van der Waals surface area contributed by atoms with Crippen molar-refractivity contribution < 1.29 is 111 Å². The number of amides is 2. The van der Waals surface area contributed by atoms with E-state index in [2.05, 4.69) is 50.3 Å². The Kier molecular flexibility index (Phi) is 29.4. The summed E-state index contributed by atoms with van der Waals surface area (Å²) in [6, 6.07) is 5.91. The number of ether oxygens (including phenoxy) is 13. The van der Waals surface area contributed by atoms with Gasteiger partial charge in [0.25, 0.3) is 0 Å². The number of carbonyl (C=O) groups excluding carboxylic acids is 4. The molecule has 9 N–H and O–H groups in total. The van der Waals surface area contributed by atoms with Gasteiger partial charge in [0.15, 0.2) is 41.8 Å². The lowest BCUT2D eigenvalue weighted by Gasteiger charge is -2.46. The lowest BCUT2D eigenvalue weighted by Crippen LogP contribution is -2.65. The number of likely N-dealkylation sites (N-methyl/N-ethyl adjacent to an activating group) is 1. The molecule has 2 aliphatic carbocycles. The molecule has 0 spiro atoms. The summed E-state index contributed by atoms with van der Waals surface area (Å²) in [6.07, 6.45) is -14.6. The molecule has 0 aromatic heterocycles. The van der Waals surface area contributed by atoms with Gasteiger partial charge in [0, 0.05) is 55.1 Å². The van der Waals surface area contributed by atoms with Gasteiger partial charge in [-0.15, -0.1) is 0 Å². The molecule has 0 radical (unpaired) electrons. The summed E-state index contributed by atoms with van der Waals surface area (Å²) < 4.78 is 77.6. The van der Waals surface area contributed by atoms with Crippen LogP contribution >= 0.6 is 55.9 Å². The number of thioether (sulfide) groups is 1. The number of carbonyl (C=O) groups is 4. The molecule has 2 aromatic carbocycles. The van der Waals surface area contributed by atoms with Crippen LogP contribution in [-0.2, 0) is 57.1 Å². The number of hydrazone groups is 1. The van der Waals surface area contributed by atoms with Crippen LogP contribution < -0.4 is 40.5 Å². The topological polar surface area (TPSA) is 359 Å². The third-order valence-electron chi connectivity index (χ3n) is 17.4. The van der Waals surface area contributed by atoms with Crippen molar-refractivity contribution in [3.8, 4) is 46.7 Å². The molecule has 2 aromatic rings. The molecule has 4 aliphatic heterocycles. The molecule has 28 nitrogen and oxygen atoms in total. The number of alkyl carbamates (subject to hydrolysis) is 1. The van der Waals surface area contributed by atoms with Crippen molar-refractivity contribution in [2.75, 3.05) is 61.6 Å². The van der Waals surface area contributed by atoms with Gasteiger partial charge in [0.05, 0.1) is 110 Å². The van der Waals surface area contributed by atoms with Gasteiger partial charge in [-0.2, -0.15) is 10.6 Å². The van der Waals surface area contributed by atoms with Crippen LogP contribution in [-0.4, -0.2) is 236 Å². The maximum absolute atomic E-state index is 14.5. The molecule has 8 rings (SSSR count). The molecular weight excluding hydrogens is 1480 g/mol. The fourth-order valence-corrected chi connectivity index (χ4v) is 16.2. The molecule has 0 unspecified atom stereocenters. The maximum Gasteiger partial charge on any atom is 0.411 e. The average Bonchev–Trinajstić information content (AvgIpc) is 0.759. The number of allylic oxidation sites excluding steroid dienone is 3. The van der Waals surface area contributed by atoms with E-state index in [0.29, 0.717) is 27.1 Å². The van der Waals surface area contributed by atoms with E-state index < -0.39 is 137 Å². The van der Waals surface area contributed by atoms with Gasteiger partial charge in [-0.05, 0) is 125 Å². The van der Waals surface area contributed by atoms with Gasteiger partial charge in [0.1, 0.15) is 42.4 Å². The number of aliphatic hydroxyl groups excluding tert-OH is 4. The van der Waals surface area contributed by atoms with Crippen molar-refractivity contribution in [2.24, 2.45) is 5.10 Å². The molecule has 6 aliphatic rings. The van der Waals surface area contributed by atoms with Gasteiger partial charge in [-0.3, -0.25) is 24.5 Å². The number of methoxy groups -OCH3 is 6. The number of fused-ring (bicyclic) bond motifs is 2. The lowest BCUT2D eigenvalue weighted by molar-refractivity contribution is -0.336. The van der Waals surface area contributed by atoms with Gasteiger partial charge in [-0.1, -0.05) is 70.0 Å². The van der Waals surface area contributed by atoms with Gasteiger partial charge >= 0.3 is 6.09 Å². The highest BCUT2D eigenvalue weighted by molar-refractivity contribution is 14.1. The monoisotopic (exact) mass is 1570 g/mol. The first kappa shape index (κ1) is 80.6. The first-order valence-electron chi connectivity index (χ1n) is 32.3. The van der Waals surface area contributed by atoms with Crippen molar-refractivity contribution in [2.45, 2.75) is 201 Å². The number of nitrogens with one attached hydrogen (secondary N) is 4. The summed E-state index contributed by atoms with van der Waals surface area (Å²) in [4.78, 5) is 61.6. The predicted octanol–water partition coefficient (Wildman–Crippen LogP) is 4.64.